The average Bonchev–Trinajstić information content (AvgIpc) is 2.10. The summed E-state index contributed by atoms with van der Waals surface area (Å²) < 4.78 is 0. The molecule has 5 heteroatoms. The fourth-order valence-electron chi connectivity index (χ4n) is 0.877. The highest BCUT2D eigenvalue weighted by Crippen LogP contribution is 1.91. The first-order valence-corrected chi connectivity index (χ1v) is 4.18. The first-order valence-electron chi connectivity index (χ1n) is 4.18. The van der Waals surface area contributed by atoms with Crippen molar-refractivity contribution in [1.82, 2.24) is 10.2 Å². The molecule has 0 unspecified atom stereocenters. The van der Waals surface area contributed by atoms with Crippen LogP contribution in [0.15, 0.2) is 12.7 Å². The summed E-state index contributed by atoms with van der Waals surface area (Å²) in [6, 6.07) is 0. The Morgan fingerprint density at radius 2 is 1.93 bits per heavy atom. The minimum Gasteiger partial charge on any atom is -0.355 e. The molecule has 0 aliphatic rings. The van der Waals surface area contributed by atoms with Crippen LogP contribution in [0.1, 0.15) is 13.8 Å². The van der Waals surface area contributed by atoms with Crippen LogP contribution in [-0.4, -0.2) is 35.7 Å². The number of imide groups is 1. The zero-order valence-corrected chi connectivity index (χ0v) is 8.37. The van der Waals surface area contributed by atoms with Crippen LogP contribution in [-0.2, 0) is 14.4 Å². The Balaban J connectivity index is 4.11. The van der Waals surface area contributed by atoms with Gasteiger partial charge < -0.3 is 5.32 Å². The summed E-state index contributed by atoms with van der Waals surface area (Å²) in [7, 11) is 0. The van der Waals surface area contributed by atoms with Gasteiger partial charge in [-0.15, -0.1) is 0 Å². The molecule has 78 valence electrons. The van der Waals surface area contributed by atoms with E-state index in [1.54, 1.807) is 0 Å². The molecule has 0 aromatic heterocycles. The van der Waals surface area contributed by atoms with Gasteiger partial charge in [0.15, 0.2) is 0 Å². The molecule has 0 saturated heterocycles. The van der Waals surface area contributed by atoms with Crippen molar-refractivity contribution >= 4 is 17.7 Å². The second-order valence-corrected chi connectivity index (χ2v) is 2.70. The fourth-order valence-corrected chi connectivity index (χ4v) is 0.877. The van der Waals surface area contributed by atoms with Crippen molar-refractivity contribution in [2.24, 2.45) is 0 Å². The van der Waals surface area contributed by atoms with Crippen LogP contribution in [0.4, 0.5) is 0 Å². The second kappa shape index (κ2) is 5.90. The summed E-state index contributed by atoms with van der Waals surface area (Å²) in [5, 5.41) is 2.49. The molecule has 0 atom stereocenters. The molecule has 0 aliphatic heterocycles. The second-order valence-electron chi connectivity index (χ2n) is 2.70. The first kappa shape index (κ1) is 12.3. The Labute approximate surface area is 82.8 Å². The molecule has 0 aliphatic carbocycles. The molecule has 0 aromatic carbocycles. The number of carbonyl (C=O) groups excluding carboxylic acids is 3. The van der Waals surface area contributed by atoms with Crippen molar-refractivity contribution in [2.45, 2.75) is 13.8 Å². The summed E-state index contributed by atoms with van der Waals surface area (Å²) in [6.07, 6.45) is 1.06. The van der Waals surface area contributed by atoms with Gasteiger partial charge in [-0.2, -0.15) is 0 Å². The molecule has 5 nitrogen and oxygen atoms in total. The molecular formula is C9H14N2O3. The highest BCUT2D eigenvalue weighted by molar-refractivity contribution is 5.99. The van der Waals surface area contributed by atoms with Crippen molar-refractivity contribution in [2.75, 3.05) is 13.1 Å². The smallest absolute Gasteiger partial charge is 0.252 e. The average molecular weight is 198 g/mol. The molecule has 0 heterocycles. The minimum absolute atomic E-state index is 0.166. The van der Waals surface area contributed by atoms with Crippen LogP contribution >= 0.6 is 0 Å². The normalized spacial score (nSPS) is 9.00. The van der Waals surface area contributed by atoms with E-state index < -0.39 is 5.91 Å². The Bertz CT molecular complexity index is 261. The predicted molar refractivity (Wildman–Crippen MR) is 51.3 cm³/mol. The van der Waals surface area contributed by atoms with Crippen molar-refractivity contribution < 1.29 is 14.4 Å². The number of nitrogens with one attached hydrogen (secondary N) is 1. The summed E-state index contributed by atoms with van der Waals surface area (Å²) >= 11 is 0. The van der Waals surface area contributed by atoms with Gasteiger partial charge in [-0.05, 0) is 6.08 Å². The van der Waals surface area contributed by atoms with E-state index in [0.717, 1.165) is 11.0 Å². The van der Waals surface area contributed by atoms with Gasteiger partial charge in [0.2, 0.25) is 11.8 Å². The number of hydrogen-bond acceptors (Lipinski definition) is 3. The number of hydrogen-bond donors (Lipinski definition) is 1. The maximum Gasteiger partial charge on any atom is 0.252 e. The van der Waals surface area contributed by atoms with Crippen molar-refractivity contribution in [3.63, 3.8) is 0 Å². The van der Waals surface area contributed by atoms with E-state index in [9.17, 15) is 14.4 Å². The van der Waals surface area contributed by atoms with Gasteiger partial charge in [0.1, 0.15) is 0 Å². The quantitative estimate of drug-likeness (QED) is 0.630. The third kappa shape index (κ3) is 4.39. The van der Waals surface area contributed by atoms with Crippen LogP contribution < -0.4 is 5.32 Å². The maximum atomic E-state index is 11.1. The number of amides is 3. The minimum atomic E-state index is -0.456. The zero-order chi connectivity index (χ0) is 11.1. The molecule has 3 amide bonds. The van der Waals surface area contributed by atoms with E-state index in [1.807, 2.05) is 0 Å². The van der Waals surface area contributed by atoms with Gasteiger partial charge in [0.25, 0.3) is 5.91 Å². The third-order valence-corrected chi connectivity index (χ3v) is 1.53. The lowest BCUT2D eigenvalue weighted by molar-refractivity contribution is -0.140. The molecule has 1 N–H and O–H groups in total. The van der Waals surface area contributed by atoms with Crippen molar-refractivity contribution in [3.8, 4) is 0 Å². The Kier molecular flexibility index (Phi) is 5.21. The SMILES string of the molecule is C=CC(=O)N(CCNC(C)=O)C(C)=O. The van der Waals surface area contributed by atoms with E-state index in [2.05, 4.69) is 11.9 Å². The first-order chi connectivity index (χ1) is 6.49. The molecule has 0 rings (SSSR count). The molecule has 0 saturated carbocycles. The lowest BCUT2D eigenvalue weighted by Crippen LogP contribution is -2.39. The lowest BCUT2D eigenvalue weighted by Gasteiger charge is -2.16. The van der Waals surface area contributed by atoms with Crippen LogP contribution in [0.25, 0.3) is 0 Å². The summed E-state index contributed by atoms with van der Waals surface area (Å²) in [6.45, 7) is 6.36. The molecule has 0 aromatic rings. The van der Waals surface area contributed by atoms with E-state index >= 15 is 0 Å². The summed E-state index contributed by atoms with van der Waals surface area (Å²) in [4.78, 5) is 33.6. The van der Waals surface area contributed by atoms with Gasteiger partial charge in [0.05, 0.1) is 0 Å². The van der Waals surface area contributed by atoms with E-state index in [0.29, 0.717) is 0 Å². The van der Waals surface area contributed by atoms with Gasteiger partial charge in [-0.25, -0.2) is 0 Å². The Hall–Kier alpha value is -1.65. The standard InChI is InChI=1S/C9H14N2O3/c1-4-9(14)11(8(3)13)6-5-10-7(2)12/h4H,1,5-6H2,2-3H3,(H,10,12). The van der Waals surface area contributed by atoms with Gasteiger partial charge in [-0.1, -0.05) is 6.58 Å². The summed E-state index contributed by atoms with van der Waals surface area (Å²) in [5.74, 6) is -1.01. The van der Waals surface area contributed by atoms with Crippen LogP contribution in [0, 0.1) is 0 Å². The maximum absolute atomic E-state index is 11.1. The molecule has 0 bridgehead atoms. The molecule has 0 radical (unpaired) electrons. The topological polar surface area (TPSA) is 66.5 Å². The number of rotatable bonds is 4. The number of carbonyl (C=O) groups is 3. The van der Waals surface area contributed by atoms with Crippen molar-refractivity contribution in [1.29, 1.82) is 0 Å². The number of nitrogens with zero attached hydrogens (tertiary/aromatic N) is 1. The van der Waals surface area contributed by atoms with Gasteiger partial charge in [0, 0.05) is 26.9 Å². The Morgan fingerprint density at radius 3 is 2.29 bits per heavy atom. The Morgan fingerprint density at radius 1 is 1.36 bits per heavy atom. The van der Waals surface area contributed by atoms with E-state index in [-0.39, 0.29) is 24.9 Å². The van der Waals surface area contributed by atoms with E-state index in [1.165, 1.54) is 13.8 Å². The van der Waals surface area contributed by atoms with Gasteiger partial charge in [-0.3, -0.25) is 19.3 Å². The van der Waals surface area contributed by atoms with Crippen LogP contribution in [0.3, 0.4) is 0 Å². The van der Waals surface area contributed by atoms with Gasteiger partial charge >= 0.3 is 0 Å². The van der Waals surface area contributed by atoms with E-state index in [4.69, 9.17) is 0 Å². The van der Waals surface area contributed by atoms with Crippen LogP contribution in [0.2, 0.25) is 0 Å². The molecule has 14 heavy (non-hydrogen) atoms. The lowest BCUT2D eigenvalue weighted by atomic mass is 10.4. The highest BCUT2D eigenvalue weighted by atomic mass is 16.2. The monoisotopic (exact) mass is 198 g/mol. The highest BCUT2D eigenvalue weighted by Gasteiger charge is 2.13. The molecular weight excluding hydrogens is 184 g/mol. The predicted octanol–water partition coefficient (Wildman–Crippen LogP) is -0.316. The zero-order valence-electron chi connectivity index (χ0n) is 8.37. The molecule has 0 fully saturated rings. The molecule has 0 spiro atoms. The van der Waals surface area contributed by atoms with Crippen LogP contribution in [0.5, 0.6) is 0 Å². The summed E-state index contributed by atoms with van der Waals surface area (Å²) in [5.41, 5.74) is 0. The third-order valence-electron chi connectivity index (χ3n) is 1.53. The van der Waals surface area contributed by atoms with Crippen molar-refractivity contribution in [3.05, 3.63) is 12.7 Å². The largest absolute Gasteiger partial charge is 0.355 e. The fraction of sp³-hybridized carbons (Fsp3) is 0.444.